The molecule has 0 bridgehead atoms. The van der Waals surface area contributed by atoms with E-state index in [9.17, 15) is 4.39 Å². The van der Waals surface area contributed by atoms with E-state index in [1.807, 2.05) is 23.9 Å². The first-order valence-corrected chi connectivity index (χ1v) is 7.54. The van der Waals surface area contributed by atoms with Gasteiger partial charge in [0, 0.05) is 17.7 Å². The Morgan fingerprint density at radius 2 is 2.25 bits per heavy atom. The van der Waals surface area contributed by atoms with E-state index in [4.69, 9.17) is 0 Å². The molecular formula is C15H19BrFN3. The molecule has 0 aliphatic rings. The molecule has 0 aliphatic carbocycles. The number of nitrogens with one attached hydrogen (secondary N) is 1. The molecule has 0 aliphatic heterocycles. The minimum Gasteiger partial charge on any atom is -0.336 e. The average Bonchev–Trinajstić information content (AvgIpc) is 2.83. The van der Waals surface area contributed by atoms with E-state index in [0.29, 0.717) is 0 Å². The summed E-state index contributed by atoms with van der Waals surface area (Å²) in [7, 11) is 1.99. The number of hydrogen-bond donors (Lipinski definition) is 1. The Morgan fingerprint density at radius 3 is 2.85 bits per heavy atom. The SMILES string of the molecule is CCCNC(Cc1ccc(F)cc1Br)c1cncn1C. The van der Waals surface area contributed by atoms with Gasteiger partial charge in [-0.25, -0.2) is 9.37 Å². The predicted molar refractivity (Wildman–Crippen MR) is 82.0 cm³/mol. The molecule has 3 nitrogen and oxygen atoms in total. The molecule has 1 unspecified atom stereocenters. The molecule has 1 aromatic heterocycles. The van der Waals surface area contributed by atoms with Crippen molar-refractivity contribution in [3.63, 3.8) is 0 Å². The van der Waals surface area contributed by atoms with Gasteiger partial charge in [-0.15, -0.1) is 0 Å². The zero-order valence-corrected chi connectivity index (χ0v) is 13.3. The zero-order valence-electron chi connectivity index (χ0n) is 11.7. The molecule has 1 N–H and O–H groups in total. The maximum Gasteiger partial charge on any atom is 0.124 e. The van der Waals surface area contributed by atoms with Gasteiger partial charge in [-0.2, -0.15) is 0 Å². The Kier molecular flexibility index (Phi) is 5.31. The van der Waals surface area contributed by atoms with Crippen LogP contribution in [0.25, 0.3) is 0 Å². The van der Waals surface area contributed by atoms with Crippen molar-refractivity contribution in [2.24, 2.45) is 7.05 Å². The molecule has 2 rings (SSSR count). The Morgan fingerprint density at radius 1 is 1.45 bits per heavy atom. The standard InChI is InChI=1S/C15H19BrFN3/c1-3-6-19-14(15-9-18-10-20(15)2)7-11-4-5-12(17)8-13(11)16/h4-5,8-10,14,19H,3,6-7H2,1-2H3. The molecule has 0 saturated carbocycles. The summed E-state index contributed by atoms with van der Waals surface area (Å²) in [6.07, 6.45) is 5.54. The molecule has 5 heteroatoms. The molecule has 1 atom stereocenters. The van der Waals surface area contributed by atoms with Gasteiger partial charge in [0.2, 0.25) is 0 Å². The molecule has 20 heavy (non-hydrogen) atoms. The summed E-state index contributed by atoms with van der Waals surface area (Å²) in [6, 6.07) is 5.01. The second-order valence-electron chi connectivity index (χ2n) is 4.88. The molecule has 2 aromatic rings. The van der Waals surface area contributed by atoms with E-state index >= 15 is 0 Å². The fraction of sp³-hybridized carbons (Fsp3) is 0.400. The van der Waals surface area contributed by atoms with Crippen LogP contribution in [-0.4, -0.2) is 16.1 Å². The van der Waals surface area contributed by atoms with Gasteiger partial charge >= 0.3 is 0 Å². The highest BCUT2D eigenvalue weighted by Crippen LogP contribution is 2.24. The minimum absolute atomic E-state index is 0.171. The minimum atomic E-state index is -0.223. The lowest BCUT2D eigenvalue weighted by Crippen LogP contribution is -2.26. The van der Waals surface area contributed by atoms with Gasteiger partial charge in [-0.1, -0.05) is 28.9 Å². The van der Waals surface area contributed by atoms with Gasteiger partial charge < -0.3 is 9.88 Å². The van der Waals surface area contributed by atoms with Crippen LogP contribution >= 0.6 is 15.9 Å². The van der Waals surface area contributed by atoms with E-state index < -0.39 is 0 Å². The van der Waals surface area contributed by atoms with Crippen LogP contribution in [0.5, 0.6) is 0 Å². The summed E-state index contributed by atoms with van der Waals surface area (Å²) in [4.78, 5) is 4.18. The number of halogens is 2. The van der Waals surface area contributed by atoms with Crippen LogP contribution < -0.4 is 5.32 Å². The third kappa shape index (κ3) is 3.67. The van der Waals surface area contributed by atoms with E-state index in [1.54, 1.807) is 6.33 Å². The topological polar surface area (TPSA) is 29.9 Å². The first-order valence-electron chi connectivity index (χ1n) is 6.75. The molecule has 0 amide bonds. The number of hydrogen-bond acceptors (Lipinski definition) is 2. The molecule has 108 valence electrons. The van der Waals surface area contributed by atoms with Gasteiger partial charge in [0.15, 0.2) is 0 Å². The highest BCUT2D eigenvalue weighted by Gasteiger charge is 2.16. The molecule has 1 heterocycles. The van der Waals surface area contributed by atoms with Crippen LogP contribution in [0.15, 0.2) is 35.2 Å². The number of benzene rings is 1. The predicted octanol–water partition coefficient (Wildman–Crippen LogP) is 3.61. The van der Waals surface area contributed by atoms with Crippen LogP contribution in [0.3, 0.4) is 0 Å². The number of nitrogens with zero attached hydrogens (tertiary/aromatic N) is 2. The maximum atomic E-state index is 13.2. The lowest BCUT2D eigenvalue weighted by atomic mass is 10.0. The van der Waals surface area contributed by atoms with E-state index in [-0.39, 0.29) is 11.9 Å². The molecule has 0 spiro atoms. The smallest absolute Gasteiger partial charge is 0.124 e. The molecule has 1 aromatic carbocycles. The van der Waals surface area contributed by atoms with Gasteiger partial charge in [0.1, 0.15) is 5.82 Å². The fourth-order valence-corrected chi connectivity index (χ4v) is 2.72. The van der Waals surface area contributed by atoms with Crippen molar-refractivity contribution in [3.05, 3.63) is 52.3 Å². The van der Waals surface area contributed by atoms with Gasteiger partial charge in [0.05, 0.1) is 18.1 Å². The molecule has 0 saturated heterocycles. The van der Waals surface area contributed by atoms with Gasteiger partial charge in [-0.05, 0) is 37.1 Å². The lowest BCUT2D eigenvalue weighted by molar-refractivity contribution is 0.503. The van der Waals surface area contributed by atoms with Crippen molar-refractivity contribution >= 4 is 15.9 Å². The zero-order chi connectivity index (χ0) is 14.5. The third-order valence-electron chi connectivity index (χ3n) is 3.29. The number of imidazole rings is 1. The average molecular weight is 340 g/mol. The number of rotatable bonds is 6. The molecular weight excluding hydrogens is 321 g/mol. The Bertz CT molecular complexity index is 568. The van der Waals surface area contributed by atoms with E-state index in [2.05, 4.69) is 33.2 Å². The van der Waals surface area contributed by atoms with Crippen molar-refractivity contribution in [1.82, 2.24) is 14.9 Å². The van der Waals surface area contributed by atoms with Crippen molar-refractivity contribution in [2.75, 3.05) is 6.54 Å². The quantitative estimate of drug-likeness (QED) is 0.871. The van der Waals surface area contributed by atoms with Crippen molar-refractivity contribution in [3.8, 4) is 0 Å². The summed E-state index contributed by atoms with van der Waals surface area (Å²) < 4.78 is 16.0. The van der Waals surface area contributed by atoms with Crippen molar-refractivity contribution in [2.45, 2.75) is 25.8 Å². The highest BCUT2D eigenvalue weighted by atomic mass is 79.9. The maximum absolute atomic E-state index is 13.2. The lowest BCUT2D eigenvalue weighted by Gasteiger charge is -2.20. The summed E-state index contributed by atoms with van der Waals surface area (Å²) in [5.41, 5.74) is 2.22. The first kappa shape index (κ1) is 15.2. The van der Waals surface area contributed by atoms with E-state index in [1.165, 1.54) is 12.1 Å². The summed E-state index contributed by atoms with van der Waals surface area (Å²) in [6.45, 7) is 3.08. The highest BCUT2D eigenvalue weighted by molar-refractivity contribution is 9.10. The molecule has 0 fully saturated rings. The Labute approximate surface area is 127 Å². The van der Waals surface area contributed by atoms with Gasteiger partial charge in [0.25, 0.3) is 0 Å². The summed E-state index contributed by atoms with van der Waals surface area (Å²) >= 11 is 3.44. The summed E-state index contributed by atoms with van der Waals surface area (Å²) in [5.74, 6) is -0.223. The Balaban J connectivity index is 2.21. The van der Waals surface area contributed by atoms with Crippen molar-refractivity contribution in [1.29, 1.82) is 0 Å². The van der Waals surface area contributed by atoms with Crippen LogP contribution in [0.4, 0.5) is 4.39 Å². The monoisotopic (exact) mass is 339 g/mol. The van der Waals surface area contributed by atoms with Crippen molar-refractivity contribution < 1.29 is 4.39 Å². The largest absolute Gasteiger partial charge is 0.336 e. The number of aromatic nitrogens is 2. The van der Waals surface area contributed by atoms with Gasteiger partial charge in [-0.3, -0.25) is 0 Å². The molecule has 0 radical (unpaired) electrons. The first-order chi connectivity index (χ1) is 9.61. The fourth-order valence-electron chi connectivity index (χ4n) is 2.21. The van der Waals surface area contributed by atoms with Crippen LogP contribution in [-0.2, 0) is 13.5 Å². The number of aryl methyl sites for hydroxylation is 1. The second kappa shape index (κ2) is 6.99. The second-order valence-corrected chi connectivity index (χ2v) is 5.73. The van der Waals surface area contributed by atoms with Crippen LogP contribution in [0, 0.1) is 5.82 Å². The third-order valence-corrected chi connectivity index (χ3v) is 4.03. The van der Waals surface area contributed by atoms with Crippen LogP contribution in [0.1, 0.15) is 30.6 Å². The Hall–Kier alpha value is -1.20. The van der Waals surface area contributed by atoms with Crippen LogP contribution in [0.2, 0.25) is 0 Å². The summed E-state index contributed by atoms with van der Waals surface area (Å²) in [5, 5.41) is 3.53. The normalized spacial score (nSPS) is 12.6. The van der Waals surface area contributed by atoms with E-state index in [0.717, 1.165) is 35.1 Å².